The zero-order valence-electron chi connectivity index (χ0n) is 5.99. The zero-order chi connectivity index (χ0) is 8.11. The Morgan fingerprint density at radius 2 is 2.00 bits per heavy atom. The molecule has 0 amide bonds. The Labute approximate surface area is 81.5 Å². The summed E-state index contributed by atoms with van der Waals surface area (Å²) < 4.78 is -0.616. The molecule has 3 aliphatic rings. The van der Waals surface area contributed by atoms with Gasteiger partial charge in [0.2, 0.25) is 0 Å². The van der Waals surface area contributed by atoms with Gasteiger partial charge in [-0.05, 0) is 12.8 Å². The molecule has 62 valence electrons. The molecule has 0 nitrogen and oxygen atoms in total. The standard InChI is InChI=1S/C8H9Cl3/c9-7-3-1-6(2-4-7)8(10,11)5-7/h1,3,6H,2,4-5H2. The zero-order valence-corrected chi connectivity index (χ0v) is 8.26. The Morgan fingerprint density at radius 3 is 2.27 bits per heavy atom. The molecule has 1 fully saturated rings. The second-order valence-corrected chi connectivity index (χ2v) is 5.77. The first-order chi connectivity index (χ1) is 5.02. The van der Waals surface area contributed by atoms with Gasteiger partial charge in [0, 0.05) is 12.3 Å². The van der Waals surface area contributed by atoms with Crippen LogP contribution in [0.3, 0.4) is 0 Å². The van der Waals surface area contributed by atoms with E-state index in [-0.39, 0.29) is 4.87 Å². The smallest absolute Gasteiger partial charge is 0.115 e. The molecule has 0 radical (unpaired) electrons. The van der Waals surface area contributed by atoms with Crippen LogP contribution in [0.4, 0.5) is 0 Å². The van der Waals surface area contributed by atoms with Gasteiger partial charge in [0.1, 0.15) is 4.33 Å². The Balaban J connectivity index is 2.34. The minimum absolute atomic E-state index is 0.252. The van der Waals surface area contributed by atoms with Gasteiger partial charge in [-0.15, -0.1) is 34.8 Å². The molecule has 0 heterocycles. The number of hydrogen-bond donors (Lipinski definition) is 0. The summed E-state index contributed by atoms with van der Waals surface area (Å²) in [6.07, 6.45) is 6.82. The molecule has 1 saturated carbocycles. The van der Waals surface area contributed by atoms with Gasteiger partial charge in [0.15, 0.2) is 0 Å². The molecule has 2 unspecified atom stereocenters. The van der Waals surface area contributed by atoms with Crippen LogP contribution in [0, 0.1) is 5.92 Å². The lowest BCUT2D eigenvalue weighted by Crippen LogP contribution is -2.43. The Bertz CT molecular complexity index is 209. The summed E-state index contributed by atoms with van der Waals surface area (Å²) in [6, 6.07) is 0. The molecule has 0 aromatic heterocycles. The minimum Gasteiger partial charge on any atom is -0.115 e. The predicted molar refractivity (Wildman–Crippen MR) is 49.5 cm³/mol. The maximum atomic E-state index is 6.23. The molecule has 0 spiro atoms. The molecule has 3 aliphatic carbocycles. The Morgan fingerprint density at radius 1 is 1.27 bits per heavy atom. The van der Waals surface area contributed by atoms with Gasteiger partial charge in [0.05, 0.1) is 4.87 Å². The second kappa shape index (κ2) is 2.31. The number of hydrogen-bond acceptors (Lipinski definition) is 0. The predicted octanol–water partition coefficient (Wildman–Crippen LogP) is 3.51. The van der Waals surface area contributed by atoms with Crippen LogP contribution < -0.4 is 0 Å². The highest BCUT2D eigenvalue weighted by molar-refractivity contribution is 6.49. The van der Waals surface area contributed by atoms with Crippen molar-refractivity contribution >= 4 is 34.8 Å². The average molecular weight is 212 g/mol. The number of alkyl halides is 3. The third-order valence-corrected chi connectivity index (χ3v) is 3.85. The molecule has 11 heavy (non-hydrogen) atoms. The van der Waals surface area contributed by atoms with Crippen molar-refractivity contribution in [3.8, 4) is 0 Å². The van der Waals surface area contributed by atoms with Crippen LogP contribution in [-0.4, -0.2) is 9.21 Å². The van der Waals surface area contributed by atoms with E-state index < -0.39 is 4.33 Å². The first kappa shape index (κ1) is 8.22. The van der Waals surface area contributed by atoms with E-state index in [2.05, 4.69) is 6.08 Å². The normalized spacial score (nSPS) is 46.3. The third kappa shape index (κ3) is 1.30. The number of rotatable bonds is 0. The average Bonchev–Trinajstić information content (AvgIpc) is 1.84. The summed E-state index contributed by atoms with van der Waals surface area (Å²) in [7, 11) is 0. The van der Waals surface area contributed by atoms with Crippen molar-refractivity contribution in [2.75, 3.05) is 0 Å². The lowest BCUT2D eigenvalue weighted by atomic mass is 9.75. The topological polar surface area (TPSA) is 0 Å². The van der Waals surface area contributed by atoms with Crippen LogP contribution in [0.15, 0.2) is 12.2 Å². The molecule has 3 rings (SSSR count). The van der Waals surface area contributed by atoms with Crippen molar-refractivity contribution in [3.63, 3.8) is 0 Å². The van der Waals surface area contributed by atoms with Gasteiger partial charge in [-0.3, -0.25) is 0 Å². The van der Waals surface area contributed by atoms with E-state index in [0.717, 1.165) is 12.8 Å². The fourth-order valence-electron chi connectivity index (χ4n) is 1.89. The molecule has 0 aromatic carbocycles. The van der Waals surface area contributed by atoms with E-state index in [1.54, 1.807) is 0 Å². The minimum atomic E-state index is -0.616. The van der Waals surface area contributed by atoms with Crippen molar-refractivity contribution in [2.45, 2.75) is 28.5 Å². The first-order valence-corrected chi connectivity index (χ1v) is 4.91. The lowest BCUT2D eigenvalue weighted by Gasteiger charge is -2.45. The van der Waals surface area contributed by atoms with Gasteiger partial charge in [0.25, 0.3) is 0 Å². The molecule has 0 saturated heterocycles. The molecule has 2 atom stereocenters. The van der Waals surface area contributed by atoms with E-state index in [1.165, 1.54) is 0 Å². The Kier molecular flexibility index (Phi) is 1.72. The maximum absolute atomic E-state index is 6.23. The maximum Gasteiger partial charge on any atom is 0.126 e. The number of fused-ring (bicyclic) bond motifs is 2. The van der Waals surface area contributed by atoms with Crippen molar-refractivity contribution < 1.29 is 0 Å². The number of allylic oxidation sites excluding steroid dienone is 2. The fourth-order valence-corrected chi connectivity index (χ4v) is 3.26. The quantitative estimate of drug-likeness (QED) is 0.425. The molecule has 0 aromatic rings. The van der Waals surface area contributed by atoms with E-state index in [4.69, 9.17) is 34.8 Å². The van der Waals surface area contributed by atoms with Gasteiger partial charge in [-0.1, -0.05) is 12.2 Å². The molecule has 0 aliphatic heterocycles. The van der Waals surface area contributed by atoms with Gasteiger partial charge < -0.3 is 0 Å². The molecule has 0 N–H and O–H groups in total. The van der Waals surface area contributed by atoms with Crippen LogP contribution in [0.5, 0.6) is 0 Å². The first-order valence-electron chi connectivity index (χ1n) is 3.78. The molecular weight excluding hydrogens is 202 g/mol. The Hall–Kier alpha value is 0.610. The van der Waals surface area contributed by atoms with E-state index in [9.17, 15) is 0 Å². The molecule has 2 bridgehead atoms. The highest BCUT2D eigenvalue weighted by Crippen LogP contribution is 2.53. The van der Waals surface area contributed by atoms with Crippen molar-refractivity contribution in [2.24, 2.45) is 5.92 Å². The summed E-state index contributed by atoms with van der Waals surface area (Å²) in [6.45, 7) is 0. The highest BCUT2D eigenvalue weighted by atomic mass is 35.5. The third-order valence-electron chi connectivity index (χ3n) is 2.57. The molecular formula is C8H9Cl3. The van der Waals surface area contributed by atoms with Gasteiger partial charge in [-0.2, -0.15) is 0 Å². The number of halogens is 3. The SMILES string of the molecule is ClC12C=CC(CC1)C(Cl)(Cl)C2. The fraction of sp³-hybridized carbons (Fsp3) is 0.750. The summed E-state index contributed by atoms with van der Waals surface area (Å²) >= 11 is 18.4. The van der Waals surface area contributed by atoms with E-state index >= 15 is 0 Å². The highest BCUT2D eigenvalue weighted by Gasteiger charge is 2.48. The van der Waals surface area contributed by atoms with Gasteiger partial charge in [-0.25, -0.2) is 0 Å². The summed E-state index contributed by atoms with van der Waals surface area (Å²) in [5.74, 6) is 0.312. The van der Waals surface area contributed by atoms with E-state index in [0.29, 0.717) is 12.3 Å². The van der Waals surface area contributed by atoms with Gasteiger partial charge >= 0.3 is 0 Å². The van der Waals surface area contributed by atoms with E-state index in [1.807, 2.05) is 6.08 Å². The monoisotopic (exact) mass is 210 g/mol. The van der Waals surface area contributed by atoms with Crippen LogP contribution in [0.25, 0.3) is 0 Å². The summed E-state index contributed by atoms with van der Waals surface area (Å²) in [5.41, 5.74) is 0. The van der Waals surface area contributed by atoms with Crippen molar-refractivity contribution in [1.82, 2.24) is 0 Å². The van der Waals surface area contributed by atoms with Crippen LogP contribution in [-0.2, 0) is 0 Å². The van der Waals surface area contributed by atoms with Crippen LogP contribution in [0.2, 0.25) is 0 Å². The summed E-state index contributed by atoms with van der Waals surface area (Å²) in [4.78, 5) is -0.252. The lowest BCUT2D eigenvalue weighted by molar-refractivity contribution is 0.330. The second-order valence-electron chi connectivity index (χ2n) is 3.48. The van der Waals surface area contributed by atoms with Crippen LogP contribution >= 0.6 is 34.8 Å². The van der Waals surface area contributed by atoms with Crippen molar-refractivity contribution in [3.05, 3.63) is 12.2 Å². The molecule has 3 heteroatoms. The van der Waals surface area contributed by atoms with Crippen LogP contribution in [0.1, 0.15) is 19.3 Å². The summed E-state index contributed by atoms with van der Waals surface area (Å²) in [5, 5.41) is 0. The van der Waals surface area contributed by atoms with Crippen molar-refractivity contribution in [1.29, 1.82) is 0 Å². The largest absolute Gasteiger partial charge is 0.126 e.